The Hall–Kier alpha value is -1.37. The van der Waals surface area contributed by atoms with Crippen molar-refractivity contribution in [2.24, 2.45) is 11.8 Å². The van der Waals surface area contributed by atoms with E-state index in [-0.39, 0.29) is 24.6 Å². The Morgan fingerprint density at radius 2 is 2.29 bits per heavy atom. The summed E-state index contributed by atoms with van der Waals surface area (Å²) in [6.45, 7) is 1.39. The molecule has 1 saturated heterocycles. The van der Waals surface area contributed by atoms with Crippen LogP contribution in [0, 0.1) is 11.8 Å². The third-order valence-electron chi connectivity index (χ3n) is 5.07. The first kappa shape index (κ1) is 13.3. The predicted octanol–water partition coefficient (Wildman–Crippen LogP) is -0.419. The van der Waals surface area contributed by atoms with Crippen LogP contribution in [0.1, 0.15) is 19.3 Å². The Labute approximate surface area is 123 Å². The third-order valence-corrected chi connectivity index (χ3v) is 5.07. The molecule has 0 spiro atoms. The van der Waals surface area contributed by atoms with Gasteiger partial charge in [0.15, 0.2) is 0 Å². The highest BCUT2D eigenvalue weighted by Crippen LogP contribution is 2.50. The number of fused-ring (bicyclic) bond motifs is 3. The number of hydrogen-bond acceptors (Lipinski definition) is 5. The fourth-order valence-electron chi connectivity index (χ4n) is 3.69. The van der Waals surface area contributed by atoms with E-state index in [1.54, 1.807) is 0 Å². The number of ether oxygens (including phenoxy) is 1. The molecule has 2 heterocycles. The highest BCUT2D eigenvalue weighted by molar-refractivity contribution is 5.95. The number of rotatable bonds is 4. The molecule has 0 aromatic rings. The van der Waals surface area contributed by atoms with Crippen molar-refractivity contribution in [3.63, 3.8) is 0 Å². The summed E-state index contributed by atoms with van der Waals surface area (Å²) in [4.78, 5) is 12.5. The first-order valence-corrected chi connectivity index (χ1v) is 7.73. The van der Waals surface area contributed by atoms with E-state index in [9.17, 15) is 9.90 Å². The molecule has 2 fully saturated rings. The number of amides is 1. The van der Waals surface area contributed by atoms with Crippen LogP contribution >= 0.6 is 0 Å². The van der Waals surface area contributed by atoms with E-state index in [4.69, 9.17) is 4.74 Å². The predicted molar refractivity (Wildman–Crippen MR) is 75.8 cm³/mol. The molecule has 4 N–H and O–H groups in total. The normalized spacial score (nSPS) is 32.1. The smallest absolute Gasteiger partial charge is 0.269 e. The van der Waals surface area contributed by atoms with Crippen LogP contribution in [0.25, 0.3) is 0 Å². The van der Waals surface area contributed by atoms with Crippen molar-refractivity contribution in [1.82, 2.24) is 16.2 Å². The van der Waals surface area contributed by atoms with Crippen LogP contribution in [0.3, 0.4) is 0 Å². The molecule has 2 unspecified atom stereocenters. The highest BCUT2D eigenvalue weighted by Gasteiger charge is 2.48. The van der Waals surface area contributed by atoms with Gasteiger partial charge in [-0.05, 0) is 25.2 Å². The van der Waals surface area contributed by atoms with Crippen LogP contribution in [0.4, 0.5) is 0 Å². The van der Waals surface area contributed by atoms with E-state index in [1.165, 1.54) is 5.57 Å². The molecule has 3 atom stereocenters. The highest BCUT2D eigenvalue weighted by atomic mass is 16.5. The molecule has 4 rings (SSSR count). The molecule has 2 aliphatic carbocycles. The second-order valence-corrected chi connectivity index (χ2v) is 6.32. The van der Waals surface area contributed by atoms with Gasteiger partial charge in [-0.25, -0.2) is 5.43 Å². The summed E-state index contributed by atoms with van der Waals surface area (Å²) in [5, 5.41) is 12.6. The van der Waals surface area contributed by atoms with E-state index in [0.717, 1.165) is 24.8 Å². The van der Waals surface area contributed by atoms with E-state index >= 15 is 0 Å². The second-order valence-electron chi connectivity index (χ2n) is 6.32. The van der Waals surface area contributed by atoms with E-state index < -0.39 is 0 Å². The van der Waals surface area contributed by atoms with Crippen molar-refractivity contribution < 1.29 is 14.6 Å². The monoisotopic (exact) mass is 291 g/mol. The van der Waals surface area contributed by atoms with Crippen LogP contribution < -0.4 is 16.2 Å². The number of nitrogens with one attached hydrogen (secondary N) is 3. The molecule has 0 radical (unpaired) electrons. The van der Waals surface area contributed by atoms with Gasteiger partial charge in [-0.2, -0.15) is 0 Å². The Balaban J connectivity index is 1.45. The van der Waals surface area contributed by atoms with Crippen molar-refractivity contribution in [2.45, 2.75) is 31.3 Å². The Morgan fingerprint density at radius 1 is 1.48 bits per heavy atom. The van der Waals surface area contributed by atoms with Gasteiger partial charge in [0.1, 0.15) is 5.70 Å². The van der Waals surface area contributed by atoms with E-state index in [0.29, 0.717) is 30.7 Å². The average molecular weight is 291 g/mol. The summed E-state index contributed by atoms with van der Waals surface area (Å²) in [5.41, 5.74) is 9.34. The van der Waals surface area contributed by atoms with E-state index in [2.05, 4.69) is 22.2 Å². The van der Waals surface area contributed by atoms with Gasteiger partial charge in [-0.3, -0.25) is 4.79 Å². The number of carbonyl (C=O) groups excluding carboxylic acids is 1. The molecular weight excluding hydrogens is 270 g/mol. The Kier molecular flexibility index (Phi) is 3.24. The summed E-state index contributed by atoms with van der Waals surface area (Å²) in [6.07, 6.45) is 5.06. The first-order valence-electron chi connectivity index (χ1n) is 7.73. The molecule has 21 heavy (non-hydrogen) atoms. The van der Waals surface area contributed by atoms with Crippen LogP contribution in [0.2, 0.25) is 0 Å². The molecule has 6 nitrogen and oxygen atoms in total. The molecule has 6 heteroatoms. The molecule has 0 bridgehead atoms. The quantitative estimate of drug-likeness (QED) is 0.565. The van der Waals surface area contributed by atoms with Gasteiger partial charge in [0.25, 0.3) is 5.91 Å². The zero-order chi connectivity index (χ0) is 14.4. The lowest BCUT2D eigenvalue weighted by Gasteiger charge is -2.29. The van der Waals surface area contributed by atoms with Gasteiger partial charge in [0.05, 0.1) is 18.7 Å². The van der Waals surface area contributed by atoms with Gasteiger partial charge in [0, 0.05) is 24.7 Å². The lowest BCUT2D eigenvalue weighted by atomic mass is 9.92. The maximum Gasteiger partial charge on any atom is 0.269 e. The minimum Gasteiger partial charge on any atom is -0.394 e. The summed E-state index contributed by atoms with van der Waals surface area (Å²) in [6, 6.07) is 0.0651. The van der Waals surface area contributed by atoms with Crippen molar-refractivity contribution >= 4 is 5.91 Å². The summed E-state index contributed by atoms with van der Waals surface area (Å²) >= 11 is 0. The van der Waals surface area contributed by atoms with Crippen LogP contribution in [-0.4, -0.2) is 42.9 Å². The number of aliphatic hydroxyl groups excluding tert-OH is 1. The summed E-state index contributed by atoms with van der Waals surface area (Å²) in [7, 11) is 0. The fraction of sp³-hybridized carbons (Fsp3) is 0.667. The second kappa shape index (κ2) is 5.12. The molecule has 1 saturated carbocycles. The summed E-state index contributed by atoms with van der Waals surface area (Å²) in [5.74, 6) is 0.754. The van der Waals surface area contributed by atoms with Gasteiger partial charge in [-0.1, -0.05) is 11.6 Å². The van der Waals surface area contributed by atoms with Gasteiger partial charge >= 0.3 is 0 Å². The van der Waals surface area contributed by atoms with Crippen molar-refractivity contribution in [1.29, 1.82) is 0 Å². The first-order chi connectivity index (χ1) is 10.3. The zero-order valence-corrected chi connectivity index (χ0v) is 11.9. The van der Waals surface area contributed by atoms with Crippen molar-refractivity contribution in [3.05, 3.63) is 22.9 Å². The molecule has 4 aliphatic rings. The lowest BCUT2D eigenvalue weighted by Crippen LogP contribution is -2.47. The Morgan fingerprint density at radius 3 is 3.05 bits per heavy atom. The van der Waals surface area contributed by atoms with E-state index in [1.807, 2.05) is 0 Å². The van der Waals surface area contributed by atoms with Crippen molar-refractivity contribution in [2.75, 3.05) is 19.8 Å². The standard InChI is InChI=1S/C15H21N3O3/c19-7-12(8-1-3-21-4-2-8)16-15(20)14-11-6-9-5-10(9)13(11)17-18-14/h6,8,10,12-13,17-19H,1-5,7H2,(H,16,20)/t10?,12-,13?/m1/s1. The van der Waals surface area contributed by atoms with Crippen molar-refractivity contribution in [3.8, 4) is 0 Å². The maximum atomic E-state index is 12.5. The molecule has 2 aliphatic heterocycles. The fourth-order valence-corrected chi connectivity index (χ4v) is 3.69. The molecule has 0 aromatic carbocycles. The third kappa shape index (κ3) is 2.27. The molecule has 0 aromatic heterocycles. The Bertz CT molecular complexity index is 522. The largest absolute Gasteiger partial charge is 0.394 e. The van der Waals surface area contributed by atoms with Crippen LogP contribution in [0.15, 0.2) is 22.9 Å². The zero-order valence-electron chi connectivity index (χ0n) is 11.9. The topological polar surface area (TPSA) is 82.6 Å². The molecule has 1 amide bonds. The minimum atomic E-state index is -0.195. The maximum absolute atomic E-state index is 12.5. The number of carbonyl (C=O) groups is 1. The minimum absolute atomic E-state index is 0.0282. The van der Waals surface area contributed by atoms with Gasteiger partial charge in [-0.15, -0.1) is 0 Å². The summed E-state index contributed by atoms with van der Waals surface area (Å²) < 4.78 is 5.34. The lowest BCUT2D eigenvalue weighted by molar-refractivity contribution is -0.119. The number of aliphatic hydroxyl groups is 1. The number of hydrazine groups is 1. The van der Waals surface area contributed by atoms with Gasteiger partial charge in [0.2, 0.25) is 0 Å². The molecular formula is C15H21N3O3. The van der Waals surface area contributed by atoms with Crippen LogP contribution in [-0.2, 0) is 9.53 Å². The molecule has 114 valence electrons. The van der Waals surface area contributed by atoms with Gasteiger partial charge < -0.3 is 20.6 Å². The average Bonchev–Trinajstić information content (AvgIpc) is 3.00. The SMILES string of the molecule is O=C(N[C@H](CO)C1CCOCC1)C1=C2C=C3CC3C2NN1. The number of hydrogen-bond donors (Lipinski definition) is 4. The van der Waals surface area contributed by atoms with Crippen LogP contribution in [0.5, 0.6) is 0 Å².